The van der Waals surface area contributed by atoms with Gasteiger partial charge in [-0.1, -0.05) is 0 Å². The summed E-state index contributed by atoms with van der Waals surface area (Å²) in [5.41, 5.74) is 1.12. The Balaban J connectivity index is 2.62. The van der Waals surface area contributed by atoms with Gasteiger partial charge in [0.25, 0.3) is 0 Å². The Kier molecular flexibility index (Phi) is 2.83. The molecule has 0 aliphatic rings. The highest BCUT2D eigenvalue weighted by atomic mass is 16.3. The van der Waals surface area contributed by atoms with Crippen LogP contribution in [0.1, 0.15) is 17.1 Å². The quantitative estimate of drug-likeness (QED) is 0.506. The molecule has 0 aliphatic heterocycles. The smallest absolute Gasteiger partial charge is 0.234 e. The third-order valence-corrected chi connectivity index (χ3v) is 1.70. The van der Waals surface area contributed by atoms with Crippen molar-refractivity contribution in [2.24, 2.45) is 4.99 Å². The van der Waals surface area contributed by atoms with E-state index in [1.54, 1.807) is 0 Å². The summed E-state index contributed by atoms with van der Waals surface area (Å²) in [6, 6.07) is 1.97. The van der Waals surface area contributed by atoms with Gasteiger partial charge in [0.05, 0.1) is 6.54 Å². The van der Waals surface area contributed by atoms with E-state index in [1.807, 2.05) is 19.9 Å². The van der Waals surface area contributed by atoms with Gasteiger partial charge in [-0.05, 0) is 31.9 Å². The number of isocyanates is 1. The molecule has 0 unspecified atom stereocenters. The van der Waals surface area contributed by atoms with Gasteiger partial charge in [0.2, 0.25) is 6.08 Å². The van der Waals surface area contributed by atoms with Crippen LogP contribution in [-0.2, 0) is 11.2 Å². The van der Waals surface area contributed by atoms with Gasteiger partial charge in [-0.15, -0.1) is 0 Å². The van der Waals surface area contributed by atoms with Crippen molar-refractivity contribution in [2.75, 3.05) is 6.54 Å². The average Bonchev–Trinajstić information content (AvgIpc) is 2.31. The number of aryl methyl sites for hydroxylation is 2. The Morgan fingerprint density at radius 1 is 1.58 bits per heavy atom. The number of rotatable bonds is 3. The molecule has 0 aliphatic carbocycles. The molecule has 0 saturated heterocycles. The van der Waals surface area contributed by atoms with Crippen LogP contribution in [0.4, 0.5) is 0 Å². The van der Waals surface area contributed by atoms with Gasteiger partial charge < -0.3 is 4.42 Å². The maximum Gasteiger partial charge on any atom is 0.234 e. The molecule has 0 spiro atoms. The van der Waals surface area contributed by atoms with Gasteiger partial charge in [0.1, 0.15) is 11.5 Å². The Morgan fingerprint density at radius 3 is 2.83 bits per heavy atom. The Hall–Kier alpha value is -1.34. The van der Waals surface area contributed by atoms with Gasteiger partial charge in [0.15, 0.2) is 0 Å². The number of carbonyl (C=O) groups excluding carboxylic acids is 1. The monoisotopic (exact) mass is 165 g/mol. The van der Waals surface area contributed by atoms with Gasteiger partial charge in [-0.3, -0.25) is 0 Å². The van der Waals surface area contributed by atoms with Crippen molar-refractivity contribution in [1.29, 1.82) is 0 Å². The Bertz CT molecular complexity index is 308. The molecule has 3 nitrogen and oxygen atoms in total. The van der Waals surface area contributed by atoms with E-state index in [2.05, 4.69) is 4.99 Å². The molecule has 0 fully saturated rings. The maximum atomic E-state index is 9.77. The summed E-state index contributed by atoms with van der Waals surface area (Å²) in [6.07, 6.45) is 2.26. The lowest BCUT2D eigenvalue weighted by molar-refractivity contribution is 0.501. The highest BCUT2D eigenvalue weighted by Gasteiger charge is 2.02. The predicted molar refractivity (Wildman–Crippen MR) is 44.9 cm³/mol. The first-order valence-corrected chi connectivity index (χ1v) is 3.83. The fraction of sp³-hybridized carbons (Fsp3) is 0.444. The largest absolute Gasteiger partial charge is 0.466 e. The van der Waals surface area contributed by atoms with E-state index in [4.69, 9.17) is 4.42 Å². The summed E-state index contributed by atoms with van der Waals surface area (Å²) in [6.45, 7) is 4.30. The second-order valence-corrected chi connectivity index (χ2v) is 2.66. The number of hydrogen-bond donors (Lipinski definition) is 0. The molecule has 1 heterocycles. The second kappa shape index (κ2) is 3.88. The maximum absolute atomic E-state index is 9.77. The first kappa shape index (κ1) is 8.75. The normalized spacial score (nSPS) is 9.50. The summed E-state index contributed by atoms with van der Waals surface area (Å²) in [5.74, 6) is 1.81. The fourth-order valence-electron chi connectivity index (χ4n) is 1.15. The van der Waals surface area contributed by atoms with E-state index < -0.39 is 0 Å². The minimum absolute atomic E-state index is 0.489. The summed E-state index contributed by atoms with van der Waals surface area (Å²) >= 11 is 0. The predicted octanol–water partition coefficient (Wildman–Crippen LogP) is 1.77. The van der Waals surface area contributed by atoms with E-state index in [1.165, 1.54) is 6.08 Å². The highest BCUT2D eigenvalue weighted by Crippen LogP contribution is 2.13. The average molecular weight is 165 g/mol. The highest BCUT2D eigenvalue weighted by molar-refractivity contribution is 5.33. The molecule has 0 aromatic carbocycles. The first-order valence-electron chi connectivity index (χ1n) is 3.83. The molecular formula is C9H11NO2. The zero-order valence-electron chi connectivity index (χ0n) is 7.26. The molecule has 1 rings (SSSR count). The Labute approximate surface area is 71.1 Å². The summed E-state index contributed by atoms with van der Waals surface area (Å²) in [7, 11) is 0. The summed E-state index contributed by atoms with van der Waals surface area (Å²) < 4.78 is 5.30. The third-order valence-electron chi connectivity index (χ3n) is 1.70. The summed E-state index contributed by atoms with van der Waals surface area (Å²) in [4.78, 5) is 13.2. The molecule has 0 bridgehead atoms. The van der Waals surface area contributed by atoms with E-state index in [9.17, 15) is 4.79 Å². The van der Waals surface area contributed by atoms with Crippen molar-refractivity contribution < 1.29 is 9.21 Å². The molecule has 0 radical (unpaired) electrons. The van der Waals surface area contributed by atoms with Crippen LogP contribution in [0, 0.1) is 13.8 Å². The minimum atomic E-state index is 0.489. The lowest BCUT2D eigenvalue weighted by Crippen LogP contribution is -1.88. The van der Waals surface area contributed by atoms with Gasteiger partial charge in [-0.2, -0.15) is 0 Å². The number of furan rings is 1. The van der Waals surface area contributed by atoms with Gasteiger partial charge >= 0.3 is 0 Å². The van der Waals surface area contributed by atoms with Crippen LogP contribution >= 0.6 is 0 Å². The molecule has 0 N–H and O–H groups in total. The second-order valence-electron chi connectivity index (χ2n) is 2.66. The lowest BCUT2D eigenvalue weighted by atomic mass is 10.2. The van der Waals surface area contributed by atoms with Crippen molar-refractivity contribution in [3.63, 3.8) is 0 Å². The molecule has 12 heavy (non-hydrogen) atoms. The van der Waals surface area contributed by atoms with Crippen LogP contribution < -0.4 is 0 Å². The molecule has 0 saturated carbocycles. The van der Waals surface area contributed by atoms with Crippen LogP contribution in [0.25, 0.3) is 0 Å². The standard InChI is InChI=1S/C9H11NO2/c1-7-5-9(8(2)12-7)3-4-10-6-11/h5H,3-4H2,1-2H3. The third kappa shape index (κ3) is 2.07. The number of nitrogens with zero attached hydrogens (tertiary/aromatic N) is 1. The molecular weight excluding hydrogens is 154 g/mol. The van der Waals surface area contributed by atoms with E-state index in [0.29, 0.717) is 6.54 Å². The molecule has 1 aromatic rings. The topological polar surface area (TPSA) is 42.6 Å². The zero-order chi connectivity index (χ0) is 8.97. The van der Waals surface area contributed by atoms with Crippen LogP contribution in [-0.4, -0.2) is 12.6 Å². The first-order chi connectivity index (χ1) is 5.74. The van der Waals surface area contributed by atoms with Crippen LogP contribution in [0.5, 0.6) is 0 Å². The van der Waals surface area contributed by atoms with Crippen molar-refractivity contribution in [3.05, 3.63) is 23.2 Å². The molecule has 0 atom stereocenters. The molecule has 1 aromatic heterocycles. The fourth-order valence-corrected chi connectivity index (χ4v) is 1.15. The van der Waals surface area contributed by atoms with Gasteiger partial charge in [0, 0.05) is 0 Å². The van der Waals surface area contributed by atoms with E-state index in [-0.39, 0.29) is 0 Å². The van der Waals surface area contributed by atoms with E-state index >= 15 is 0 Å². The minimum Gasteiger partial charge on any atom is -0.466 e. The number of hydrogen-bond acceptors (Lipinski definition) is 3. The van der Waals surface area contributed by atoms with Crippen LogP contribution in [0.3, 0.4) is 0 Å². The summed E-state index contributed by atoms with van der Waals surface area (Å²) in [5, 5.41) is 0. The van der Waals surface area contributed by atoms with Crippen LogP contribution in [0.15, 0.2) is 15.5 Å². The van der Waals surface area contributed by atoms with Crippen molar-refractivity contribution >= 4 is 6.08 Å². The lowest BCUT2D eigenvalue weighted by Gasteiger charge is -1.91. The number of aliphatic imine (C=N–C) groups is 1. The molecule has 0 amide bonds. The van der Waals surface area contributed by atoms with Crippen molar-refractivity contribution in [1.82, 2.24) is 0 Å². The SMILES string of the molecule is Cc1cc(CCN=C=O)c(C)o1. The van der Waals surface area contributed by atoms with Crippen molar-refractivity contribution in [3.8, 4) is 0 Å². The van der Waals surface area contributed by atoms with E-state index in [0.717, 1.165) is 23.5 Å². The molecule has 64 valence electrons. The van der Waals surface area contributed by atoms with Crippen LogP contribution in [0.2, 0.25) is 0 Å². The Morgan fingerprint density at radius 2 is 2.33 bits per heavy atom. The molecule has 3 heteroatoms. The van der Waals surface area contributed by atoms with Gasteiger partial charge in [-0.25, -0.2) is 9.79 Å². The zero-order valence-corrected chi connectivity index (χ0v) is 7.26. The van der Waals surface area contributed by atoms with Crippen molar-refractivity contribution in [2.45, 2.75) is 20.3 Å².